The standard InChI is InChI=1S/C11H11Cl2FN2O3/c1-5(10(17)18)16(2)11(19)15-6-3-7(12)9(14)8(13)4-6/h3-5H,1-2H3,(H,15,19)(H,17,18). The topological polar surface area (TPSA) is 69.6 Å². The Kier molecular flexibility index (Phi) is 4.97. The van der Waals surface area contributed by atoms with E-state index in [1.165, 1.54) is 26.1 Å². The van der Waals surface area contributed by atoms with Crippen molar-refractivity contribution >= 4 is 40.9 Å². The second-order valence-corrected chi connectivity index (χ2v) is 4.62. The number of aliphatic carboxylic acids is 1. The molecular weight excluding hydrogens is 298 g/mol. The van der Waals surface area contributed by atoms with Crippen molar-refractivity contribution in [2.45, 2.75) is 13.0 Å². The van der Waals surface area contributed by atoms with Crippen molar-refractivity contribution in [3.05, 3.63) is 28.0 Å². The number of carbonyl (C=O) groups is 2. The van der Waals surface area contributed by atoms with Crippen molar-refractivity contribution in [2.24, 2.45) is 0 Å². The van der Waals surface area contributed by atoms with Gasteiger partial charge in [-0.25, -0.2) is 14.0 Å². The minimum atomic E-state index is -1.15. The van der Waals surface area contributed by atoms with Gasteiger partial charge < -0.3 is 15.3 Å². The summed E-state index contributed by atoms with van der Waals surface area (Å²) < 4.78 is 13.2. The van der Waals surface area contributed by atoms with E-state index in [4.69, 9.17) is 28.3 Å². The van der Waals surface area contributed by atoms with Gasteiger partial charge in [0.2, 0.25) is 0 Å². The van der Waals surface area contributed by atoms with Crippen molar-refractivity contribution in [2.75, 3.05) is 12.4 Å². The fourth-order valence-electron chi connectivity index (χ4n) is 1.18. The van der Waals surface area contributed by atoms with Crippen LogP contribution in [-0.4, -0.2) is 35.1 Å². The Balaban J connectivity index is 2.86. The van der Waals surface area contributed by atoms with Crippen LogP contribution in [0.2, 0.25) is 10.0 Å². The smallest absolute Gasteiger partial charge is 0.326 e. The largest absolute Gasteiger partial charge is 0.480 e. The van der Waals surface area contributed by atoms with Crippen LogP contribution in [0.1, 0.15) is 6.92 Å². The van der Waals surface area contributed by atoms with Gasteiger partial charge in [-0.3, -0.25) is 0 Å². The van der Waals surface area contributed by atoms with Crippen molar-refractivity contribution in [1.29, 1.82) is 0 Å². The molecule has 1 rings (SSSR count). The Morgan fingerprint density at radius 1 is 1.37 bits per heavy atom. The molecule has 2 amide bonds. The van der Waals surface area contributed by atoms with E-state index < -0.39 is 23.9 Å². The summed E-state index contributed by atoms with van der Waals surface area (Å²) in [6, 6.07) is 0.680. The molecule has 0 aromatic heterocycles. The number of halogens is 3. The third-order valence-corrected chi connectivity index (χ3v) is 3.04. The van der Waals surface area contributed by atoms with Gasteiger partial charge in [0.1, 0.15) is 6.04 Å². The maximum atomic E-state index is 13.2. The number of nitrogens with one attached hydrogen (secondary N) is 1. The molecule has 0 heterocycles. The van der Waals surface area contributed by atoms with E-state index in [9.17, 15) is 14.0 Å². The number of urea groups is 1. The first-order valence-corrected chi connectivity index (χ1v) is 5.90. The van der Waals surface area contributed by atoms with Gasteiger partial charge in [0.05, 0.1) is 10.0 Å². The summed E-state index contributed by atoms with van der Waals surface area (Å²) in [4.78, 5) is 23.5. The molecule has 0 aliphatic carbocycles. The molecule has 19 heavy (non-hydrogen) atoms. The molecule has 0 radical (unpaired) electrons. The van der Waals surface area contributed by atoms with Crippen molar-refractivity contribution < 1.29 is 19.1 Å². The van der Waals surface area contributed by atoms with Crippen LogP contribution in [0.15, 0.2) is 12.1 Å². The van der Waals surface area contributed by atoms with Crippen LogP contribution in [0, 0.1) is 5.82 Å². The molecule has 0 aliphatic rings. The van der Waals surface area contributed by atoms with Gasteiger partial charge in [-0.2, -0.15) is 0 Å². The Morgan fingerprint density at radius 3 is 2.26 bits per heavy atom. The van der Waals surface area contributed by atoms with Gasteiger partial charge >= 0.3 is 12.0 Å². The number of carboxylic acid groups (broad SMARTS) is 1. The fourth-order valence-corrected chi connectivity index (χ4v) is 1.67. The highest BCUT2D eigenvalue weighted by Gasteiger charge is 2.22. The summed E-state index contributed by atoms with van der Waals surface area (Å²) in [7, 11) is 1.32. The number of nitrogens with zero attached hydrogens (tertiary/aromatic N) is 1. The summed E-state index contributed by atoms with van der Waals surface area (Å²) in [6.07, 6.45) is 0. The molecule has 5 nitrogen and oxygen atoms in total. The monoisotopic (exact) mass is 308 g/mol. The molecule has 1 unspecified atom stereocenters. The number of amides is 2. The van der Waals surface area contributed by atoms with E-state index in [0.717, 1.165) is 4.90 Å². The van der Waals surface area contributed by atoms with Gasteiger partial charge in [0, 0.05) is 12.7 Å². The van der Waals surface area contributed by atoms with E-state index in [1.807, 2.05) is 0 Å². The first-order chi connectivity index (χ1) is 8.73. The third-order valence-electron chi connectivity index (χ3n) is 2.49. The second-order valence-electron chi connectivity index (χ2n) is 3.81. The number of anilines is 1. The first kappa shape index (κ1) is 15.5. The normalized spacial score (nSPS) is 11.8. The van der Waals surface area contributed by atoms with Crippen LogP contribution in [0.5, 0.6) is 0 Å². The molecule has 0 aliphatic heterocycles. The third kappa shape index (κ3) is 3.71. The minimum absolute atomic E-state index is 0.172. The number of hydrogen-bond acceptors (Lipinski definition) is 2. The molecule has 1 aromatic carbocycles. The van der Waals surface area contributed by atoms with Crippen LogP contribution in [0.3, 0.4) is 0 Å². The molecule has 1 atom stereocenters. The zero-order chi connectivity index (χ0) is 14.7. The lowest BCUT2D eigenvalue weighted by molar-refractivity contribution is -0.141. The van der Waals surface area contributed by atoms with E-state index in [2.05, 4.69) is 5.32 Å². The maximum absolute atomic E-state index is 13.2. The van der Waals surface area contributed by atoms with Crippen LogP contribution < -0.4 is 5.32 Å². The molecule has 0 fully saturated rings. The Labute approximate surface area is 118 Å². The Bertz CT molecular complexity index is 502. The number of carbonyl (C=O) groups excluding carboxylic acids is 1. The first-order valence-electron chi connectivity index (χ1n) is 5.15. The summed E-state index contributed by atoms with van der Waals surface area (Å²) in [5.74, 6) is -1.93. The van der Waals surface area contributed by atoms with E-state index in [0.29, 0.717) is 0 Å². The summed E-state index contributed by atoms with van der Waals surface area (Å²) in [5, 5.41) is 10.7. The van der Waals surface area contributed by atoms with Gasteiger partial charge in [-0.05, 0) is 19.1 Å². The van der Waals surface area contributed by atoms with Gasteiger partial charge in [-0.1, -0.05) is 23.2 Å². The molecule has 1 aromatic rings. The maximum Gasteiger partial charge on any atom is 0.326 e. The lowest BCUT2D eigenvalue weighted by atomic mass is 10.3. The zero-order valence-corrected chi connectivity index (χ0v) is 11.6. The number of benzene rings is 1. The number of rotatable bonds is 3. The second kappa shape index (κ2) is 6.08. The molecule has 0 bridgehead atoms. The molecular formula is C11H11Cl2FN2O3. The van der Waals surface area contributed by atoms with E-state index in [-0.39, 0.29) is 15.7 Å². The van der Waals surface area contributed by atoms with Gasteiger partial charge in [0.15, 0.2) is 5.82 Å². The van der Waals surface area contributed by atoms with E-state index >= 15 is 0 Å². The van der Waals surface area contributed by atoms with Crippen LogP contribution in [0.25, 0.3) is 0 Å². The molecule has 104 valence electrons. The molecule has 8 heteroatoms. The van der Waals surface area contributed by atoms with Gasteiger partial charge in [-0.15, -0.1) is 0 Å². The molecule has 0 saturated heterocycles. The number of hydrogen-bond donors (Lipinski definition) is 2. The average Bonchev–Trinajstić information content (AvgIpc) is 2.33. The lowest BCUT2D eigenvalue weighted by Crippen LogP contribution is -2.42. The fraction of sp³-hybridized carbons (Fsp3) is 0.273. The summed E-state index contributed by atoms with van der Waals surface area (Å²) >= 11 is 11.2. The number of likely N-dealkylation sites (N-methyl/N-ethyl adjacent to an activating group) is 1. The SMILES string of the molecule is CC(C(=O)O)N(C)C(=O)Nc1cc(Cl)c(F)c(Cl)c1. The highest BCUT2D eigenvalue weighted by Crippen LogP contribution is 2.27. The summed E-state index contributed by atoms with van der Waals surface area (Å²) in [5.41, 5.74) is 0.172. The highest BCUT2D eigenvalue weighted by molar-refractivity contribution is 6.35. The molecule has 0 saturated carbocycles. The summed E-state index contributed by atoms with van der Waals surface area (Å²) in [6.45, 7) is 1.35. The Morgan fingerprint density at radius 2 is 1.84 bits per heavy atom. The zero-order valence-electron chi connectivity index (χ0n) is 10.1. The Hall–Kier alpha value is -1.53. The molecule has 0 spiro atoms. The van der Waals surface area contributed by atoms with Crippen LogP contribution in [0.4, 0.5) is 14.9 Å². The van der Waals surface area contributed by atoms with Crippen molar-refractivity contribution in [3.63, 3.8) is 0 Å². The van der Waals surface area contributed by atoms with Crippen LogP contribution >= 0.6 is 23.2 Å². The predicted octanol–water partition coefficient (Wildman–Crippen LogP) is 3.07. The van der Waals surface area contributed by atoms with Crippen LogP contribution in [-0.2, 0) is 4.79 Å². The van der Waals surface area contributed by atoms with Gasteiger partial charge in [0.25, 0.3) is 0 Å². The van der Waals surface area contributed by atoms with E-state index in [1.54, 1.807) is 0 Å². The predicted molar refractivity (Wildman–Crippen MR) is 70.3 cm³/mol. The van der Waals surface area contributed by atoms with Crippen molar-refractivity contribution in [1.82, 2.24) is 4.90 Å². The quantitative estimate of drug-likeness (QED) is 0.843. The average molecular weight is 309 g/mol. The number of carboxylic acids is 1. The highest BCUT2D eigenvalue weighted by atomic mass is 35.5. The van der Waals surface area contributed by atoms with Crippen molar-refractivity contribution in [3.8, 4) is 0 Å². The lowest BCUT2D eigenvalue weighted by Gasteiger charge is -2.22. The minimum Gasteiger partial charge on any atom is -0.480 e. The molecule has 2 N–H and O–H groups in total.